The highest BCUT2D eigenvalue weighted by molar-refractivity contribution is 7.89. The summed E-state index contributed by atoms with van der Waals surface area (Å²) in [5, 5.41) is 3.33. The number of ether oxygens (including phenoxy) is 1. The lowest BCUT2D eigenvalue weighted by Crippen LogP contribution is -2.43. The van der Waals surface area contributed by atoms with Crippen molar-refractivity contribution < 1.29 is 31.1 Å². The van der Waals surface area contributed by atoms with Crippen molar-refractivity contribution in [2.24, 2.45) is 5.92 Å². The molecule has 1 fully saturated rings. The van der Waals surface area contributed by atoms with Gasteiger partial charge in [0.15, 0.2) is 0 Å². The van der Waals surface area contributed by atoms with Crippen molar-refractivity contribution in [3.8, 4) is 5.75 Å². The number of halogens is 4. The number of sulfonamides is 1. The van der Waals surface area contributed by atoms with E-state index in [1.54, 1.807) is 24.3 Å². The van der Waals surface area contributed by atoms with E-state index in [2.05, 4.69) is 5.32 Å². The number of hydrogen-bond acceptors (Lipinski definition) is 4. The maximum atomic E-state index is 13.2. The van der Waals surface area contributed by atoms with Crippen molar-refractivity contribution in [3.63, 3.8) is 0 Å². The molecule has 1 aliphatic rings. The third-order valence-corrected chi connectivity index (χ3v) is 7.33. The second kappa shape index (κ2) is 10.1. The molecular formula is C21H22ClF3N2O4S. The summed E-state index contributed by atoms with van der Waals surface area (Å²) in [5.74, 6) is -0.0476. The first-order valence-corrected chi connectivity index (χ1v) is 11.7. The Morgan fingerprint density at radius 3 is 2.34 bits per heavy atom. The third-order valence-electron chi connectivity index (χ3n) is 5.12. The second-order valence-electron chi connectivity index (χ2n) is 7.27. The Bertz CT molecular complexity index is 1040. The van der Waals surface area contributed by atoms with Crippen LogP contribution in [0.4, 0.5) is 13.2 Å². The summed E-state index contributed by atoms with van der Waals surface area (Å²) < 4.78 is 71.8. The highest BCUT2D eigenvalue weighted by atomic mass is 35.5. The van der Waals surface area contributed by atoms with Gasteiger partial charge in [0.05, 0.1) is 17.0 Å². The zero-order valence-electron chi connectivity index (χ0n) is 16.9. The lowest BCUT2D eigenvalue weighted by atomic mass is 9.97. The van der Waals surface area contributed by atoms with Crippen LogP contribution in [0.3, 0.4) is 0 Å². The normalized spacial score (nSPS) is 16.0. The minimum atomic E-state index is -4.78. The molecule has 0 aliphatic carbocycles. The fourth-order valence-corrected chi connectivity index (χ4v) is 5.25. The largest absolute Gasteiger partial charge is 0.492 e. The smallest absolute Gasteiger partial charge is 0.417 e. The van der Waals surface area contributed by atoms with Gasteiger partial charge in [-0.1, -0.05) is 23.7 Å². The minimum Gasteiger partial charge on any atom is -0.492 e. The number of carbonyl (C=O) groups excluding carboxylic acids is 1. The topological polar surface area (TPSA) is 75.7 Å². The number of benzene rings is 2. The van der Waals surface area contributed by atoms with Crippen LogP contribution in [0, 0.1) is 5.92 Å². The van der Waals surface area contributed by atoms with E-state index in [9.17, 15) is 26.4 Å². The van der Waals surface area contributed by atoms with Gasteiger partial charge >= 0.3 is 6.18 Å². The molecule has 3 rings (SSSR count). The lowest BCUT2D eigenvalue weighted by Gasteiger charge is -2.31. The summed E-state index contributed by atoms with van der Waals surface area (Å²) in [4.78, 5) is 11.6. The van der Waals surface area contributed by atoms with Crippen LogP contribution in [-0.4, -0.2) is 44.9 Å². The Morgan fingerprint density at radius 1 is 1.09 bits per heavy atom. The molecule has 0 bridgehead atoms. The van der Waals surface area contributed by atoms with Crippen LogP contribution in [0.5, 0.6) is 5.75 Å². The third kappa shape index (κ3) is 5.93. The maximum Gasteiger partial charge on any atom is 0.417 e. The zero-order valence-corrected chi connectivity index (χ0v) is 18.5. The van der Waals surface area contributed by atoms with Crippen LogP contribution >= 0.6 is 11.6 Å². The van der Waals surface area contributed by atoms with Crippen molar-refractivity contribution >= 4 is 27.5 Å². The molecule has 0 aromatic heterocycles. The van der Waals surface area contributed by atoms with Crippen LogP contribution in [0.2, 0.25) is 5.02 Å². The fraction of sp³-hybridized carbons (Fsp3) is 0.381. The average molecular weight is 491 g/mol. The number of nitrogens with one attached hydrogen (secondary N) is 1. The molecule has 0 atom stereocenters. The molecule has 0 unspecified atom stereocenters. The summed E-state index contributed by atoms with van der Waals surface area (Å²) in [5.41, 5.74) is -1.19. The van der Waals surface area contributed by atoms with E-state index >= 15 is 0 Å². The quantitative estimate of drug-likeness (QED) is 0.596. The molecule has 1 aliphatic heterocycles. The Morgan fingerprint density at radius 2 is 1.72 bits per heavy atom. The standard InChI is InChI=1S/C21H22ClF3N2O4S/c22-16-5-7-17(8-6-16)31-14-11-26-20(28)15-9-12-27(13-10-15)32(29,30)19-4-2-1-3-18(19)21(23,24)25/h1-8,15H,9-14H2,(H,26,28). The maximum absolute atomic E-state index is 13.2. The number of nitrogens with zero attached hydrogens (tertiary/aromatic N) is 1. The first-order chi connectivity index (χ1) is 15.1. The van der Waals surface area contributed by atoms with Crippen LogP contribution in [0.25, 0.3) is 0 Å². The van der Waals surface area contributed by atoms with Gasteiger partial charge in [-0.2, -0.15) is 17.5 Å². The summed E-state index contributed by atoms with van der Waals surface area (Å²) in [6, 6.07) is 10.9. The SMILES string of the molecule is O=C(NCCOc1ccc(Cl)cc1)C1CCN(S(=O)(=O)c2ccccc2C(F)(F)F)CC1. The molecular weight excluding hydrogens is 469 g/mol. The molecule has 0 spiro atoms. The van der Waals surface area contributed by atoms with Crippen LogP contribution in [-0.2, 0) is 21.0 Å². The molecule has 2 aromatic rings. The van der Waals surface area contributed by atoms with Gasteiger partial charge in [-0.25, -0.2) is 8.42 Å². The first kappa shape index (κ1) is 24.3. The molecule has 32 heavy (non-hydrogen) atoms. The number of carbonyl (C=O) groups is 1. The van der Waals surface area contributed by atoms with Crippen molar-refractivity contribution in [3.05, 3.63) is 59.1 Å². The average Bonchev–Trinajstić information content (AvgIpc) is 2.77. The molecule has 11 heteroatoms. The van der Waals surface area contributed by atoms with Crippen LogP contribution in [0.1, 0.15) is 18.4 Å². The van der Waals surface area contributed by atoms with E-state index in [0.717, 1.165) is 22.5 Å². The lowest BCUT2D eigenvalue weighted by molar-refractivity contribution is -0.139. The fourth-order valence-electron chi connectivity index (χ4n) is 3.44. The van der Waals surface area contributed by atoms with E-state index in [-0.39, 0.29) is 45.0 Å². The molecule has 1 saturated heterocycles. The summed E-state index contributed by atoms with van der Waals surface area (Å²) in [7, 11) is -4.33. The molecule has 1 N–H and O–H groups in total. The van der Waals surface area contributed by atoms with Gasteiger partial charge in [0.1, 0.15) is 12.4 Å². The molecule has 1 heterocycles. The van der Waals surface area contributed by atoms with Gasteiger partial charge in [0.25, 0.3) is 0 Å². The van der Waals surface area contributed by atoms with Gasteiger partial charge in [-0.3, -0.25) is 4.79 Å². The summed E-state index contributed by atoms with van der Waals surface area (Å²) in [6.07, 6.45) is -4.34. The number of amides is 1. The number of alkyl halides is 3. The Labute approximate surface area is 189 Å². The van der Waals surface area contributed by atoms with Crippen LogP contribution < -0.4 is 10.1 Å². The minimum absolute atomic E-state index is 0.0338. The Balaban J connectivity index is 1.51. The van der Waals surface area contributed by atoms with E-state index in [4.69, 9.17) is 16.3 Å². The molecule has 6 nitrogen and oxygen atoms in total. The van der Waals surface area contributed by atoms with Crippen molar-refractivity contribution in [2.45, 2.75) is 23.9 Å². The molecule has 174 valence electrons. The number of hydrogen-bond donors (Lipinski definition) is 1. The number of rotatable bonds is 7. The van der Waals surface area contributed by atoms with E-state index in [1.165, 1.54) is 6.07 Å². The van der Waals surface area contributed by atoms with Gasteiger partial charge in [0, 0.05) is 24.0 Å². The molecule has 0 saturated carbocycles. The monoisotopic (exact) mass is 490 g/mol. The second-order valence-corrected chi connectivity index (χ2v) is 9.61. The first-order valence-electron chi connectivity index (χ1n) is 9.91. The number of piperidine rings is 1. The van der Waals surface area contributed by atoms with Crippen LogP contribution in [0.15, 0.2) is 53.4 Å². The highest BCUT2D eigenvalue weighted by Crippen LogP contribution is 2.36. The highest BCUT2D eigenvalue weighted by Gasteiger charge is 2.40. The van der Waals surface area contributed by atoms with Crippen molar-refractivity contribution in [1.82, 2.24) is 9.62 Å². The molecule has 2 aromatic carbocycles. The van der Waals surface area contributed by atoms with Gasteiger partial charge in [-0.05, 0) is 49.2 Å². The molecule has 0 radical (unpaired) electrons. The Kier molecular flexibility index (Phi) is 7.68. The van der Waals surface area contributed by atoms with Crippen molar-refractivity contribution in [1.29, 1.82) is 0 Å². The summed E-state index contributed by atoms with van der Waals surface area (Å²) in [6.45, 7) is 0.440. The zero-order chi connectivity index (χ0) is 23.4. The Hall–Kier alpha value is -2.30. The van der Waals surface area contributed by atoms with Crippen molar-refractivity contribution in [2.75, 3.05) is 26.2 Å². The van der Waals surface area contributed by atoms with E-state index in [1.807, 2.05) is 0 Å². The van der Waals surface area contributed by atoms with Gasteiger partial charge in [-0.15, -0.1) is 0 Å². The molecule has 1 amide bonds. The summed E-state index contributed by atoms with van der Waals surface area (Å²) >= 11 is 5.80. The van der Waals surface area contributed by atoms with Gasteiger partial charge in [0.2, 0.25) is 15.9 Å². The van der Waals surface area contributed by atoms with E-state index < -0.39 is 32.6 Å². The van der Waals surface area contributed by atoms with E-state index in [0.29, 0.717) is 10.8 Å². The predicted octanol–water partition coefficient (Wildman–Crippen LogP) is 3.95. The predicted molar refractivity (Wildman–Crippen MR) is 113 cm³/mol. The van der Waals surface area contributed by atoms with Gasteiger partial charge < -0.3 is 10.1 Å².